The fourth-order valence-corrected chi connectivity index (χ4v) is 2.86. The van der Waals surface area contributed by atoms with Gasteiger partial charge in [-0.25, -0.2) is 0 Å². The Labute approximate surface area is 85.0 Å². The van der Waals surface area contributed by atoms with Crippen molar-refractivity contribution in [2.75, 3.05) is 13.2 Å². The summed E-state index contributed by atoms with van der Waals surface area (Å²) < 4.78 is 0. The minimum Gasteiger partial charge on any atom is -0.396 e. The first-order valence-electron chi connectivity index (χ1n) is 5.30. The topological polar surface area (TPSA) is 40.5 Å². The Morgan fingerprint density at radius 3 is 1.21 bits per heavy atom. The molecule has 0 atom stereocenters. The summed E-state index contributed by atoms with van der Waals surface area (Å²) in [7, 11) is 0. The highest BCUT2D eigenvalue weighted by molar-refractivity contribution is 5.16. The molecule has 0 aromatic heterocycles. The van der Waals surface area contributed by atoms with Gasteiger partial charge in [0.15, 0.2) is 0 Å². The van der Waals surface area contributed by atoms with Gasteiger partial charge < -0.3 is 10.2 Å². The quantitative estimate of drug-likeness (QED) is 0.656. The van der Waals surface area contributed by atoms with E-state index in [9.17, 15) is 10.2 Å². The predicted octanol–water partition coefficient (Wildman–Crippen LogP) is 1.64. The van der Waals surface area contributed by atoms with Crippen LogP contribution in [0.2, 0.25) is 0 Å². The van der Waals surface area contributed by atoms with E-state index in [4.69, 9.17) is 0 Å². The number of hydrogen-bond donors (Lipinski definition) is 2. The molecule has 0 bridgehead atoms. The van der Waals surface area contributed by atoms with Gasteiger partial charge in [0.1, 0.15) is 0 Å². The standard InChI is InChI=1S/C12H18O2/c13-9-11-5-1-2-6-12(11,10-14)8-4-3-7-11/h1-4,13-14H,5-10H2. The van der Waals surface area contributed by atoms with Crippen LogP contribution in [0.5, 0.6) is 0 Å². The Morgan fingerprint density at radius 1 is 0.714 bits per heavy atom. The maximum atomic E-state index is 9.59. The van der Waals surface area contributed by atoms with E-state index in [0.29, 0.717) is 0 Å². The predicted molar refractivity (Wildman–Crippen MR) is 55.8 cm³/mol. The van der Waals surface area contributed by atoms with E-state index in [-0.39, 0.29) is 24.0 Å². The largest absolute Gasteiger partial charge is 0.396 e. The van der Waals surface area contributed by atoms with Crippen LogP contribution in [-0.4, -0.2) is 23.4 Å². The van der Waals surface area contributed by atoms with Gasteiger partial charge >= 0.3 is 0 Å². The van der Waals surface area contributed by atoms with E-state index < -0.39 is 0 Å². The van der Waals surface area contributed by atoms with Gasteiger partial charge in [-0.3, -0.25) is 0 Å². The van der Waals surface area contributed by atoms with Crippen molar-refractivity contribution in [2.45, 2.75) is 25.7 Å². The molecule has 0 aromatic carbocycles. The van der Waals surface area contributed by atoms with Crippen molar-refractivity contribution in [1.82, 2.24) is 0 Å². The summed E-state index contributed by atoms with van der Waals surface area (Å²) in [6, 6.07) is 0. The molecule has 0 fully saturated rings. The third-order valence-corrected chi connectivity index (χ3v) is 4.10. The minimum atomic E-state index is -0.106. The van der Waals surface area contributed by atoms with Crippen molar-refractivity contribution >= 4 is 0 Å². The van der Waals surface area contributed by atoms with Crippen molar-refractivity contribution < 1.29 is 10.2 Å². The van der Waals surface area contributed by atoms with Crippen molar-refractivity contribution in [1.29, 1.82) is 0 Å². The molecule has 0 saturated heterocycles. The van der Waals surface area contributed by atoms with E-state index in [2.05, 4.69) is 24.3 Å². The summed E-state index contributed by atoms with van der Waals surface area (Å²) in [5, 5.41) is 19.2. The highest BCUT2D eigenvalue weighted by Gasteiger charge is 2.50. The van der Waals surface area contributed by atoms with Crippen LogP contribution in [0.25, 0.3) is 0 Å². The number of allylic oxidation sites excluding steroid dienone is 4. The van der Waals surface area contributed by atoms with E-state index in [0.717, 1.165) is 25.7 Å². The Morgan fingerprint density at radius 2 is 1.00 bits per heavy atom. The summed E-state index contributed by atoms with van der Waals surface area (Å²) in [5.74, 6) is 0. The second kappa shape index (κ2) is 3.52. The highest BCUT2D eigenvalue weighted by Crippen LogP contribution is 2.54. The van der Waals surface area contributed by atoms with Crippen molar-refractivity contribution in [3.8, 4) is 0 Å². The smallest absolute Gasteiger partial charge is 0.0499 e. The monoisotopic (exact) mass is 194 g/mol. The maximum Gasteiger partial charge on any atom is 0.0499 e. The molecular formula is C12H18O2. The van der Waals surface area contributed by atoms with E-state index >= 15 is 0 Å². The molecule has 0 amide bonds. The lowest BCUT2D eigenvalue weighted by atomic mass is 9.54. The summed E-state index contributed by atoms with van der Waals surface area (Å²) in [6.45, 7) is 0.366. The van der Waals surface area contributed by atoms with Crippen LogP contribution >= 0.6 is 0 Å². The van der Waals surface area contributed by atoms with Crippen LogP contribution in [0.15, 0.2) is 24.3 Å². The highest BCUT2D eigenvalue weighted by atomic mass is 16.3. The van der Waals surface area contributed by atoms with E-state index in [1.807, 2.05) is 0 Å². The van der Waals surface area contributed by atoms with Gasteiger partial charge in [-0.2, -0.15) is 0 Å². The second-order valence-corrected chi connectivity index (χ2v) is 4.64. The molecule has 2 N–H and O–H groups in total. The lowest BCUT2D eigenvalue weighted by Crippen LogP contribution is -2.49. The third kappa shape index (κ3) is 1.17. The van der Waals surface area contributed by atoms with E-state index in [1.165, 1.54) is 0 Å². The number of hydrogen-bond acceptors (Lipinski definition) is 2. The Balaban J connectivity index is 2.39. The van der Waals surface area contributed by atoms with Gasteiger partial charge in [-0.1, -0.05) is 24.3 Å². The SMILES string of the molecule is OCC12CC=CCC1(CO)CC=CC2. The van der Waals surface area contributed by atoms with Gasteiger partial charge in [-0.05, 0) is 25.7 Å². The molecule has 0 aliphatic heterocycles. The van der Waals surface area contributed by atoms with Crippen molar-refractivity contribution in [3.63, 3.8) is 0 Å². The number of rotatable bonds is 2. The van der Waals surface area contributed by atoms with Crippen LogP contribution < -0.4 is 0 Å². The second-order valence-electron chi connectivity index (χ2n) is 4.64. The van der Waals surface area contributed by atoms with Crippen molar-refractivity contribution in [2.24, 2.45) is 10.8 Å². The first kappa shape index (κ1) is 9.94. The molecule has 0 aromatic rings. The molecule has 2 aliphatic carbocycles. The zero-order chi connectivity index (χ0) is 10.1. The fourth-order valence-electron chi connectivity index (χ4n) is 2.86. The zero-order valence-corrected chi connectivity index (χ0v) is 8.45. The maximum absolute atomic E-state index is 9.59. The summed E-state index contributed by atoms with van der Waals surface area (Å²) in [5.41, 5.74) is -0.212. The number of fused-ring (bicyclic) bond motifs is 1. The summed E-state index contributed by atoms with van der Waals surface area (Å²) in [6.07, 6.45) is 12.2. The summed E-state index contributed by atoms with van der Waals surface area (Å²) >= 11 is 0. The molecular weight excluding hydrogens is 176 g/mol. The Kier molecular flexibility index (Phi) is 2.50. The molecule has 0 unspecified atom stereocenters. The first-order chi connectivity index (χ1) is 6.79. The Bertz CT molecular complexity index is 221. The molecule has 0 radical (unpaired) electrons. The van der Waals surface area contributed by atoms with Crippen LogP contribution in [0.4, 0.5) is 0 Å². The normalized spacial score (nSPS) is 41.0. The third-order valence-electron chi connectivity index (χ3n) is 4.10. The average Bonchev–Trinajstić information content (AvgIpc) is 2.28. The number of aliphatic hydroxyl groups is 2. The van der Waals surface area contributed by atoms with Crippen LogP contribution in [0.3, 0.4) is 0 Å². The zero-order valence-electron chi connectivity index (χ0n) is 8.45. The molecule has 0 heterocycles. The van der Waals surface area contributed by atoms with Crippen LogP contribution in [0, 0.1) is 10.8 Å². The summed E-state index contributed by atoms with van der Waals surface area (Å²) in [4.78, 5) is 0. The average molecular weight is 194 g/mol. The minimum absolute atomic E-state index is 0.106. The molecule has 2 rings (SSSR count). The molecule has 78 valence electrons. The molecule has 14 heavy (non-hydrogen) atoms. The van der Waals surface area contributed by atoms with Gasteiger partial charge in [0.05, 0.1) is 0 Å². The van der Waals surface area contributed by atoms with Crippen LogP contribution in [-0.2, 0) is 0 Å². The molecule has 2 aliphatic rings. The lowest BCUT2D eigenvalue weighted by Gasteiger charge is -2.51. The van der Waals surface area contributed by atoms with E-state index in [1.54, 1.807) is 0 Å². The van der Waals surface area contributed by atoms with Gasteiger partial charge in [-0.15, -0.1) is 0 Å². The molecule has 2 heteroatoms. The van der Waals surface area contributed by atoms with Gasteiger partial charge in [0.2, 0.25) is 0 Å². The van der Waals surface area contributed by atoms with Gasteiger partial charge in [0.25, 0.3) is 0 Å². The molecule has 2 nitrogen and oxygen atoms in total. The molecule has 0 spiro atoms. The van der Waals surface area contributed by atoms with Gasteiger partial charge in [0, 0.05) is 24.0 Å². The Hall–Kier alpha value is -0.600. The molecule has 0 saturated carbocycles. The number of aliphatic hydroxyl groups excluding tert-OH is 2. The lowest BCUT2D eigenvalue weighted by molar-refractivity contribution is -0.0610. The van der Waals surface area contributed by atoms with Crippen molar-refractivity contribution in [3.05, 3.63) is 24.3 Å². The van der Waals surface area contributed by atoms with Crippen LogP contribution in [0.1, 0.15) is 25.7 Å². The fraction of sp³-hybridized carbons (Fsp3) is 0.667. The first-order valence-corrected chi connectivity index (χ1v) is 5.30.